The van der Waals surface area contributed by atoms with Gasteiger partial charge in [0.2, 0.25) is 0 Å². The molecule has 2 amide bonds. The maximum absolute atomic E-state index is 13.1. The first-order valence-corrected chi connectivity index (χ1v) is 9.36. The van der Waals surface area contributed by atoms with Crippen molar-refractivity contribution in [3.63, 3.8) is 0 Å². The van der Waals surface area contributed by atoms with Crippen LogP contribution in [0.4, 0.5) is 4.79 Å². The largest absolute Gasteiger partial charge is 0.381 e. The summed E-state index contributed by atoms with van der Waals surface area (Å²) in [5.41, 5.74) is 4.85. The molecule has 1 aromatic carbocycles. The predicted octanol–water partition coefficient (Wildman–Crippen LogP) is 3.23. The third kappa shape index (κ3) is 3.44. The fourth-order valence-electron chi connectivity index (χ4n) is 3.97. The lowest BCUT2D eigenvalue weighted by molar-refractivity contribution is 0.0772. The molecule has 3 heterocycles. The minimum atomic E-state index is -0.0899. The molecule has 0 radical (unpaired) electrons. The van der Waals surface area contributed by atoms with E-state index < -0.39 is 0 Å². The number of aryl methyl sites for hydroxylation is 1. The molecule has 2 aliphatic heterocycles. The zero-order valence-corrected chi connectivity index (χ0v) is 15.1. The van der Waals surface area contributed by atoms with Gasteiger partial charge in [0.1, 0.15) is 0 Å². The van der Waals surface area contributed by atoms with Crippen LogP contribution < -0.4 is 5.32 Å². The average Bonchev–Trinajstić information content (AvgIpc) is 2.68. The Hall–Kier alpha value is -2.40. The Morgan fingerprint density at radius 3 is 2.88 bits per heavy atom. The number of nitrogens with one attached hydrogen (secondary N) is 1. The first kappa shape index (κ1) is 17.0. The average molecular weight is 351 g/mol. The third-order valence-electron chi connectivity index (χ3n) is 5.34. The van der Waals surface area contributed by atoms with E-state index in [9.17, 15) is 4.79 Å². The van der Waals surface area contributed by atoms with Crippen LogP contribution in [0.15, 0.2) is 42.7 Å². The van der Waals surface area contributed by atoms with Gasteiger partial charge >= 0.3 is 6.03 Å². The number of carbonyl (C=O) groups excluding carboxylic acids is 1. The number of ether oxygens (including phenoxy) is 1. The number of pyridine rings is 1. The van der Waals surface area contributed by atoms with Gasteiger partial charge in [0.25, 0.3) is 0 Å². The van der Waals surface area contributed by atoms with Crippen molar-refractivity contribution in [2.24, 2.45) is 0 Å². The minimum Gasteiger partial charge on any atom is -0.381 e. The molecule has 1 aromatic heterocycles. The summed E-state index contributed by atoms with van der Waals surface area (Å²) >= 11 is 0. The predicted molar refractivity (Wildman–Crippen MR) is 100 cm³/mol. The van der Waals surface area contributed by atoms with E-state index in [4.69, 9.17) is 4.74 Å². The molecule has 1 unspecified atom stereocenters. The quantitative estimate of drug-likeness (QED) is 0.904. The molecule has 1 atom stereocenters. The molecule has 0 saturated carbocycles. The van der Waals surface area contributed by atoms with Crippen molar-refractivity contribution in [2.45, 2.75) is 38.3 Å². The smallest absolute Gasteiger partial charge is 0.318 e. The third-order valence-corrected chi connectivity index (χ3v) is 5.34. The van der Waals surface area contributed by atoms with Crippen LogP contribution in [0.2, 0.25) is 0 Å². The summed E-state index contributed by atoms with van der Waals surface area (Å²) in [5, 5.41) is 3.22. The Kier molecular flexibility index (Phi) is 4.89. The molecular formula is C21H25N3O2. The fraction of sp³-hybridized carbons (Fsp3) is 0.429. The van der Waals surface area contributed by atoms with E-state index in [1.54, 1.807) is 6.20 Å². The molecule has 1 fully saturated rings. The Labute approximate surface area is 154 Å². The number of hydrogen-bond acceptors (Lipinski definition) is 3. The fourth-order valence-corrected chi connectivity index (χ4v) is 3.97. The van der Waals surface area contributed by atoms with Crippen LogP contribution in [0.25, 0.3) is 0 Å². The lowest BCUT2D eigenvalue weighted by Gasteiger charge is -2.39. The number of nitrogens with zero attached hydrogens (tertiary/aromatic N) is 2. The second-order valence-electron chi connectivity index (χ2n) is 7.17. The molecule has 136 valence electrons. The van der Waals surface area contributed by atoms with E-state index in [0.717, 1.165) is 38.0 Å². The van der Waals surface area contributed by atoms with Gasteiger partial charge in [-0.2, -0.15) is 0 Å². The van der Waals surface area contributed by atoms with Crippen LogP contribution in [0.1, 0.15) is 41.1 Å². The number of fused-ring (bicyclic) bond motifs is 1. The number of amides is 2. The number of hydrogen-bond donors (Lipinski definition) is 1. The topological polar surface area (TPSA) is 54.5 Å². The zero-order valence-electron chi connectivity index (χ0n) is 15.1. The molecule has 0 aliphatic carbocycles. The van der Waals surface area contributed by atoms with Crippen LogP contribution in [0.5, 0.6) is 0 Å². The summed E-state index contributed by atoms with van der Waals surface area (Å²) in [4.78, 5) is 19.3. The van der Waals surface area contributed by atoms with Crippen LogP contribution in [0.3, 0.4) is 0 Å². The van der Waals surface area contributed by atoms with Gasteiger partial charge in [0, 0.05) is 38.2 Å². The molecule has 26 heavy (non-hydrogen) atoms. The highest BCUT2D eigenvalue weighted by Gasteiger charge is 2.33. The maximum Gasteiger partial charge on any atom is 0.318 e. The summed E-state index contributed by atoms with van der Waals surface area (Å²) in [6.45, 7) is 4.27. The van der Waals surface area contributed by atoms with Crippen LogP contribution in [-0.4, -0.2) is 41.7 Å². The van der Waals surface area contributed by atoms with Crippen molar-refractivity contribution in [3.8, 4) is 0 Å². The second kappa shape index (κ2) is 7.46. The maximum atomic E-state index is 13.1. The first-order valence-electron chi connectivity index (χ1n) is 9.36. The van der Waals surface area contributed by atoms with E-state index in [1.165, 1.54) is 16.7 Å². The normalized spacial score (nSPS) is 20.5. The molecule has 0 spiro atoms. The lowest BCUT2D eigenvalue weighted by atomic mass is 9.88. The van der Waals surface area contributed by atoms with Gasteiger partial charge in [-0.05, 0) is 48.9 Å². The van der Waals surface area contributed by atoms with Crippen molar-refractivity contribution in [2.75, 3.05) is 19.8 Å². The second-order valence-corrected chi connectivity index (χ2v) is 7.17. The highest BCUT2D eigenvalue weighted by atomic mass is 16.5. The molecule has 1 saturated heterocycles. The van der Waals surface area contributed by atoms with Crippen molar-refractivity contribution < 1.29 is 9.53 Å². The van der Waals surface area contributed by atoms with Gasteiger partial charge in [-0.3, -0.25) is 4.98 Å². The van der Waals surface area contributed by atoms with Crippen molar-refractivity contribution in [3.05, 3.63) is 65.0 Å². The summed E-state index contributed by atoms with van der Waals surface area (Å²) in [6, 6.07) is 10.6. The van der Waals surface area contributed by atoms with Crippen molar-refractivity contribution >= 4 is 6.03 Å². The van der Waals surface area contributed by atoms with Gasteiger partial charge < -0.3 is 15.0 Å². The van der Waals surface area contributed by atoms with E-state index >= 15 is 0 Å². The van der Waals surface area contributed by atoms with Gasteiger partial charge in [-0.25, -0.2) is 4.79 Å². The monoisotopic (exact) mass is 351 g/mol. The van der Waals surface area contributed by atoms with Crippen LogP contribution >= 0.6 is 0 Å². The number of benzene rings is 1. The number of urea groups is 1. The zero-order chi connectivity index (χ0) is 17.9. The lowest BCUT2D eigenvalue weighted by Crippen LogP contribution is -2.50. The molecular weight excluding hydrogens is 326 g/mol. The van der Waals surface area contributed by atoms with Gasteiger partial charge in [0.15, 0.2) is 0 Å². The highest BCUT2D eigenvalue weighted by molar-refractivity contribution is 5.76. The van der Waals surface area contributed by atoms with E-state index in [0.29, 0.717) is 6.54 Å². The number of rotatable bonds is 2. The van der Waals surface area contributed by atoms with Crippen LogP contribution in [-0.2, 0) is 11.2 Å². The van der Waals surface area contributed by atoms with Gasteiger partial charge in [0.05, 0.1) is 6.04 Å². The molecule has 0 bridgehead atoms. The summed E-state index contributed by atoms with van der Waals surface area (Å²) in [5.74, 6) is 0. The Morgan fingerprint density at radius 1 is 1.27 bits per heavy atom. The van der Waals surface area contributed by atoms with Crippen molar-refractivity contribution in [1.29, 1.82) is 0 Å². The molecule has 4 rings (SSSR count). The standard InChI is InChI=1S/C21H25N3O2/c1-15-4-5-19-16(13-15)6-10-24(20(19)17-3-2-9-22-14-17)21(25)23-18-7-11-26-12-8-18/h2-5,9,13-14,18,20H,6-8,10-12H2,1H3,(H,23,25). The highest BCUT2D eigenvalue weighted by Crippen LogP contribution is 2.35. The van der Waals surface area contributed by atoms with Gasteiger partial charge in [-0.15, -0.1) is 0 Å². The Morgan fingerprint density at radius 2 is 2.12 bits per heavy atom. The summed E-state index contributed by atoms with van der Waals surface area (Å²) in [6.07, 6.45) is 6.29. The number of carbonyl (C=O) groups is 1. The van der Waals surface area contributed by atoms with Gasteiger partial charge in [-0.1, -0.05) is 29.8 Å². The van der Waals surface area contributed by atoms with E-state index in [-0.39, 0.29) is 18.1 Å². The molecule has 1 N–H and O–H groups in total. The molecule has 5 heteroatoms. The number of aromatic nitrogens is 1. The van der Waals surface area contributed by atoms with E-state index in [2.05, 4.69) is 41.5 Å². The Bertz CT molecular complexity index is 772. The Balaban J connectivity index is 1.64. The minimum absolute atomic E-state index is 0.0111. The summed E-state index contributed by atoms with van der Waals surface area (Å²) < 4.78 is 5.40. The molecule has 5 nitrogen and oxygen atoms in total. The molecule has 2 aromatic rings. The SMILES string of the molecule is Cc1ccc2c(c1)CCN(C(=O)NC1CCOCC1)C2c1cccnc1. The van der Waals surface area contributed by atoms with Crippen LogP contribution in [0, 0.1) is 6.92 Å². The summed E-state index contributed by atoms with van der Waals surface area (Å²) in [7, 11) is 0. The first-order chi connectivity index (χ1) is 12.7. The van der Waals surface area contributed by atoms with E-state index in [1.807, 2.05) is 17.2 Å². The van der Waals surface area contributed by atoms with Crippen molar-refractivity contribution in [1.82, 2.24) is 15.2 Å². The molecule has 2 aliphatic rings.